The number of aryl methyl sites for hydroxylation is 1. The fourth-order valence-corrected chi connectivity index (χ4v) is 5.68. The van der Waals surface area contributed by atoms with E-state index < -0.39 is 11.5 Å². The number of fused-ring (bicyclic) bond motifs is 3. The first kappa shape index (κ1) is 21.5. The Hall–Kier alpha value is -2.24. The average Bonchev–Trinajstić information content (AvgIpc) is 2.69. The first-order valence-corrected chi connectivity index (χ1v) is 10.6. The number of amides is 1. The molecule has 1 saturated carbocycles. The van der Waals surface area contributed by atoms with Crippen LogP contribution in [-0.4, -0.2) is 42.3 Å². The summed E-state index contributed by atoms with van der Waals surface area (Å²) in [6.07, 6.45) is 3.89. The van der Waals surface area contributed by atoms with Crippen molar-refractivity contribution in [3.63, 3.8) is 0 Å². The second-order valence-electron chi connectivity index (χ2n) is 8.79. The number of carbonyl (C=O) groups excluding carboxylic acids is 2. The average molecular weight is 404 g/mol. The summed E-state index contributed by atoms with van der Waals surface area (Å²) >= 11 is 0. The second-order valence-corrected chi connectivity index (χ2v) is 8.79. The van der Waals surface area contributed by atoms with Crippen molar-refractivity contribution in [1.82, 2.24) is 4.90 Å². The highest BCUT2D eigenvalue weighted by Crippen LogP contribution is 2.58. The van der Waals surface area contributed by atoms with Gasteiger partial charge in [0.2, 0.25) is 0 Å². The van der Waals surface area contributed by atoms with Crippen LogP contribution < -0.4 is 4.74 Å². The van der Waals surface area contributed by atoms with Gasteiger partial charge < -0.3 is 19.5 Å². The van der Waals surface area contributed by atoms with Gasteiger partial charge in [-0.2, -0.15) is 0 Å². The van der Waals surface area contributed by atoms with Crippen LogP contribution >= 0.6 is 0 Å². The molecule has 0 unspecified atom stereocenters. The summed E-state index contributed by atoms with van der Waals surface area (Å²) in [5.74, 6) is 0.170. The number of rotatable bonds is 4. The Morgan fingerprint density at radius 2 is 1.90 bits per heavy atom. The Morgan fingerprint density at radius 3 is 2.52 bits per heavy atom. The molecule has 0 bridgehead atoms. The second kappa shape index (κ2) is 7.88. The lowest BCUT2D eigenvalue weighted by atomic mass is 9.50. The van der Waals surface area contributed by atoms with E-state index in [9.17, 15) is 14.7 Å². The van der Waals surface area contributed by atoms with E-state index in [4.69, 9.17) is 9.47 Å². The van der Waals surface area contributed by atoms with Crippen molar-refractivity contribution in [1.29, 1.82) is 0 Å². The zero-order valence-electron chi connectivity index (χ0n) is 18.2. The van der Waals surface area contributed by atoms with Gasteiger partial charge in [-0.05, 0) is 81.0 Å². The molecule has 0 saturated heterocycles. The van der Waals surface area contributed by atoms with Crippen molar-refractivity contribution in [2.75, 3.05) is 20.2 Å². The van der Waals surface area contributed by atoms with Gasteiger partial charge >= 0.3 is 12.1 Å². The zero-order chi connectivity index (χ0) is 21.4. The predicted octanol–water partition coefficient (Wildman–Crippen LogP) is 4.42. The highest BCUT2D eigenvalue weighted by molar-refractivity contribution is 5.77. The SMILES string of the molecule is CCN(CC)C(=O)Oc1cc2c(cc1O)[C@@]1(C)CCC[C@](C)(C(=O)OC)[C@@H]1CC2. The largest absolute Gasteiger partial charge is 0.504 e. The zero-order valence-corrected chi connectivity index (χ0v) is 18.2. The minimum atomic E-state index is -0.525. The molecule has 0 aromatic heterocycles. The van der Waals surface area contributed by atoms with Gasteiger partial charge in [-0.3, -0.25) is 4.79 Å². The number of phenols is 1. The summed E-state index contributed by atoms with van der Waals surface area (Å²) in [5, 5.41) is 10.6. The van der Waals surface area contributed by atoms with Gasteiger partial charge in [0, 0.05) is 13.1 Å². The Balaban J connectivity index is 1.97. The predicted molar refractivity (Wildman–Crippen MR) is 110 cm³/mol. The fourth-order valence-electron chi connectivity index (χ4n) is 5.68. The molecule has 3 rings (SSSR count). The summed E-state index contributed by atoms with van der Waals surface area (Å²) < 4.78 is 10.6. The number of carbonyl (C=O) groups is 2. The third kappa shape index (κ3) is 3.47. The Morgan fingerprint density at radius 1 is 1.21 bits per heavy atom. The lowest BCUT2D eigenvalue weighted by Gasteiger charge is -2.54. The highest BCUT2D eigenvalue weighted by Gasteiger charge is 2.55. The van der Waals surface area contributed by atoms with Gasteiger partial charge in [-0.15, -0.1) is 0 Å². The summed E-state index contributed by atoms with van der Waals surface area (Å²) in [4.78, 5) is 26.5. The Labute approximate surface area is 173 Å². The molecular formula is C23H33NO5. The van der Waals surface area contributed by atoms with E-state index in [1.165, 1.54) is 7.11 Å². The molecule has 1 aromatic rings. The number of nitrogens with zero attached hydrogens (tertiary/aromatic N) is 1. The van der Waals surface area contributed by atoms with Crippen LogP contribution in [0.1, 0.15) is 64.5 Å². The minimum Gasteiger partial charge on any atom is -0.504 e. The van der Waals surface area contributed by atoms with E-state index in [1.807, 2.05) is 20.8 Å². The molecular weight excluding hydrogens is 370 g/mol. The number of phenolic OH excluding ortho intramolecular Hbond substituents is 1. The normalized spacial score (nSPS) is 28.1. The van der Waals surface area contributed by atoms with Crippen molar-refractivity contribution in [2.45, 2.75) is 65.2 Å². The lowest BCUT2D eigenvalue weighted by Crippen LogP contribution is -2.52. The van der Waals surface area contributed by atoms with Crippen LogP contribution in [-0.2, 0) is 21.4 Å². The maximum atomic E-state index is 12.6. The van der Waals surface area contributed by atoms with Gasteiger partial charge in [0.25, 0.3) is 0 Å². The van der Waals surface area contributed by atoms with Gasteiger partial charge in [0.1, 0.15) is 0 Å². The number of ether oxygens (including phenoxy) is 2. The molecule has 2 aliphatic carbocycles. The molecule has 1 fully saturated rings. The van der Waals surface area contributed by atoms with Crippen LogP contribution in [0.3, 0.4) is 0 Å². The van der Waals surface area contributed by atoms with Crippen molar-refractivity contribution in [3.05, 3.63) is 23.3 Å². The molecule has 2 aliphatic rings. The quantitative estimate of drug-likeness (QED) is 0.754. The minimum absolute atomic E-state index is 0.0310. The third-order valence-corrected chi connectivity index (χ3v) is 7.30. The third-order valence-electron chi connectivity index (χ3n) is 7.30. The molecule has 160 valence electrons. The van der Waals surface area contributed by atoms with E-state index in [0.717, 1.165) is 43.2 Å². The first-order chi connectivity index (χ1) is 13.7. The van der Waals surface area contributed by atoms with E-state index in [2.05, 4.69) is 6.92 Å². The molecule has 3 atom stereocenters. The molecule has 0 radical (unpaired) electrons. The smallest absolute Gasteiger partial charge is 0.415 e. The van der Waals surface area contributed by atoms with E-state index in [1.54, 1.807) is 17.0 Å². The van der Waals surface area contributed by atoms with Crippen LogP contribution in [0.5, 0.6) is 11.5 Å². The van der Waals surface area contributed by atoms with Crippen molar-refractivity contribution in [2.24, 2.45) is 11.3 Å². The van der Waals surface area contributed by atoms with Crippen molar-refractivity contribution < 1.29 is 24.2 Å². The number of hydrogen-bond acceptors (Lipinski definition) is 5. The molecule has 6 heteroatoms. The number of aromatic hydroxyl groups is 1. The van der Waals surface area contributed by atoms with E-state index in [-0.39, 0.29) is 28.8 Å². The van der Waals surface area contributed by atoms with Gasteiger partial charge in [0.05, 0.1) is 12.5 Å². The number of hydrogen-bond donors (Lipinski definition) is 1. The van der Waals surface area contributed by atoms with Gasteiger partial charge in [-0.1, -0.05) is 13.3 Å². The van der Waals surface area contributed by atoms with Crippen molar-refractivity contribution >= 4 is 12.1 Å². The molecule has 0 heterocycles. The maximum Gasteiger partial charge on any atom is 0.415 e. The Kier molecular flexibility index (Phi) is 5.84. The van der Waals surface area contributed by atoms with Crippen LogP contribution in [0.25, 0.3) is 0 Å². The lowest BCUT2D eigenvalue weighted by molar-refractivity contribution is -0.161. The summed E-state index contributed by atoms with van der Waals surface area (Å²) in [5.41, 5.74) is 1.39. The molecule has 29 heavy (non-hydrogen) atoms. The monoisotopic (exact) mass is 403 g/mol. The summed E-state index contributed by atoms with van der Waals surface area (Å²) in [6, 6.07) is 3.55. The molecule has 1 N–H and O–H groups in total. The number of benzene rings is 1. The molecule has 0 spiro atoms. The molecule has 6 nitrogen and oxygen atoms in total. The van der Waals surface area contributed by atoms with Crippen LogP contribution in [0, 0.1) is 11.3 Å². The first-order valence-electron chi connectivity index (χ1n) is 10.6. The molecule has 1 aromatic carbocycles. The summed E-state index contributed by atoms with van der Waals surface area (Å²) in [7, 11) is 1.46. The van der Waals surface area contributed by atoms with Crippen LogP contribution in [0.2, 0.25) is 0 Å². The maximum absolute atomic E-state index is 12.6. The standard InChI is InChI=1S/C23H33NO5/c1-6-24(7-2)21(27)29-18-13-15-9-10-19-22(3,16(15)14-17(18)25)11-8-12-23(19,4)20(26)28-5/h13-14,19,25H,6-12H2,1-5H3/t19-,22-,23+/m1/s1. The summed E-state index contributed by atoms with van der Waals surface area (Å²) in [6.45, 7) is 9.09. The van der Waals surface area contributed by atoms with Gasteiger partial charge in [0.15, 0.2) is 11.5 Å². The van der Waals surface area contributed by atoms with E-state index >= 15 is 0 Å². The number of esters is 1. The van der Waals surface area contributed by atoms with Crippen molar-refractivity contribution in [3.8, 4) is 11.5 Å². The van der Waals surface area contributed by atoms with Crippen LogP contribution in [0.4, 0.5) is 4.79 Å². The molecule has 1 amide bonds. The molecule has 0 aliphatic heterocycles. The van der Waals surface area contributed by atoms with Crippen LogP contribution in [0.15, 0.2) is 12.1 Å². The van der Waals surface area contributed by atoms with E-state index in [0.29, 0.717) is 13.1 Å². The van der Waals surface area contributed by atoms with Gasteiger partial charge in [-0.25, -0.2) is 4.79 Å². The Bertz CT molecular complexity index is 803. The topological polar surface area (TPSA) is 76.1 Å². The highest BCUT2D eigenvalue weighted by atomic mass is 16.6. The fraction of sp³-hybridized carbons (Fsp3) is 0.652. The number of methoxy groups -OCH3 is 1.